The van der Waals surface area contributed by atoms with Crippen molar-refractivity contribution in [3.05, 3.63) is 72.3 Å². The van der Waals surface area contributed by atoms with Crippen LogP contribution in [-0.4, -0.2) is 37.7 Å². The van der Waals surface area contributed by atoms with Crippen LogP contribution < -0.4 is 20.7 Å². The lowest BCUT2D eigenvalue weighted by atomic mass is 10.2. The van der Waals surface area contributed by atoms with E-state index in [2.05, 4.69) is 27.5 Å². The monoisotopic (exact) mass is 436 g/mol. The molecule has 1 heterocycles. The second-order valence-electron chi connectivity index (χ2n) is 7.45. The maximum absolute atomic E-state index is 12.3. The summed E-state index contributed by atoms with van der Waals surface area (Å²) >= 11 is 0. The van der Waals surface area contributed by atoms with Gasteiger partial charge in [-0.3, -0.25) is 4.79 Å². The summed E-state index contributed by atoms with van der Waals surface area (Å²) in [6.07, 6.45) is 3.08. The minimum absolute atomic E-state index is 0.0875. The Balaban J connectivity index is 1.60. The average Bonchev–Trinajstić information content (AvgIpc) is 3.35. The van der Waals surface area contributed by atoms with Gasteiger partial charge in [0.2, 0.25) is 0 Å². The van der Waals surface area contributed by atoms with Crippen molar-refractivity contribution >= 4 is 17.6 Å². The highest BCUT2D eigenvalue weighted by Crippen LogP contribution is 2.18. The van der Waals surface area contributed by atoms with Crippen LogP contribution in [0, 0.1) is 0 Å². The van der Waals surface area contributed by atoms with Gasteiger partial charge in [-0.2, -0.15) is 0 Å². The largest absolute Gasteiger partial charge is 0.489 e. The van der Waals surface area contributed by atoms with Crippen molar-refractivity contribution in [1.29, 1.82) is 0 Å². The molecule has 0 aromatic heterocycles. The Morgan fingerprint density at radius 2 is 2.12 bits per heavy atom. The molecule has 1 aliphatic rings. The van der Waals surface area contributed by atoms with Crippen LogP contribution in [-0.2, 0) is 22.6 Å². The fraction of sp³-hybridized carbons (Fsp3) is 0.360. The van der Waals surface area contributed by atoms with Crippen molar-refractivity contribution in [3.63, 3.8) is 0 Å². The number of para-hydroxylation sites is 1. The Hall–Kier alpha value is -3.32. The molecular formula is C25H32N4O3. The summed E-state index contributed by atoms with van der Waals surface area (Å²) in [4.78, 5) is 17.0. The van der Waals surface area contributed by atoms with Gasteiger partial charge in [0.25, 0.3) is 5.91 Å². The number of hydrogen-bond donors (Lipinski definition) is 3. The molecule has 32 heavy (non-hydrogen) atoms. The van der Waals surface area contributed by atoms with Gasteiger partial charge in [-0.15, -0.1) is 0 Å². The second kappa shape index (κ2) is 12.5. The van der Waals surface area contributed by atoms with E-state index < -0.39 is 0 Å². The van der Waals surface area contributed by atoms with Crippen molar-refractivity contribution in [2.24, 2.45) is 4.99 Å². The first-order valence-electron chi connectivity index (χ1n) is 11.0. The molecular weight excluding hydrogens is 404 g/mol. The predicted octanol–water partition coefficient (Wildman–Crippen LogP) is 3.62. The molecule has 3 rings (SSSR count). The molecule has 1 aliphatic heterocycles. The van der Waals surface area contributed by atoms with E-state index in [1.54, 1.807) is 6.08 Å². The second-order valence-corrected chi connectivity index (χ2v) is 7.45. The summed E-state index contributed by atoms with van der Waals surface area (Å²) < 4.78 is 11.2. The van der Waals surface area contributed by atoms with E-state index in [1.165, 1.54) is 0 Å². The molecule has 1 atom stereocenters. The topological polar surface area (TPSA) is 84.0 Å². The van der Waals surface area contributed by atoms with Crippen LogP contribution in [0.2, 0.25) is 0 Å². The Morgan fingerprint density at radius 1 is 1.25 bits per heavy atom. The molecule has 0 bridgehead atoms. The number of anilines is 1. The first-order chi connectivity index (χ1) is 15.7. The number of nitrogens with zero attached hydrogens (tertiary/aromatic N) is 1. The quantitative estimate of drug-likeness (QED) is 0.301. The van der Waals surface area contributed by atoms with Crippen molar-refractivity contribution in [2.45, 2.75) is 39.0 Å². The van der Waals surface area contributed by atoms with Crippen LogP contribution in [0.5, 0.6) is 5.75 Å². The third kappa shape index (κ3) is 7.13. The zero-order valence-electron chi connectivity index (χ0n) is 18.6. The number of aliphatic imine (C=N–C) groups is 1. The Bertz CT molecular complexity index is 923. The van der Waals surface area contributed by atoms with Gasteiger partial charge in [0.1, 0.15) is 18.5 Å². The lowest BCUT2D eigenvalue weighted by Gasteiger charge is -2.14. The fourth-order valence-corrected chi connectivity index (χ4v) is 3.39. The zero-order chi connectivity index (χ0) is 22.6. The molecule has 7 nitrogen and oxygen atoms in total. The third-order valence-corrected chi connectivity index (χ3v) is 4.96. The van der Waals surface area contributed by atoms with Crippen LogP contribution in [0.25, 0.3) is 0 Å². The first-order valence-corrected chi connectivity index (χ1v) is 11.0. The first kappa shape index (κ1) is 23.3. The molecule has 0 saturated carbocycles. The Kier molecular flexibility index (Phi) is 9.13. The van der Waals surface area contributed by atoms with Crippen LogP contribution >= 0.6 is 0 Å². The number of nitrogens with one attached hydrogen (secondary N) is 3. The number of ether oxygens (including phenoxy) is 2. The molecule has 1 amide bonds. The predicted molar refractivity (Wildman–Crippen MR) is 128 cm³/mol. The van der Waals surface area contributed by atoms with Gasteiger partial charge in [-0.25, -0.2) is 4.99 Å². The summed E-state index contributed by atoms with van der Waals surface area (Å²) in [6, 6.07) is 15.6. The number of amides is 1. The van der Waals surface area contributed by atoms with E-state index in [1.807, 2.05) is 55.5 Å². The van der Waals surface area contributed by atoms with Crippen LogP contribution in [0.4, 0.5) is 5.69 Å². The zero-order valence-corrected chi connectivity index (χ0v) is 18.6. The maximum Gasteiger partial charge on any atom is 0.253 e. The summed E-state index contributed by atoms with van der Waals surface area (Å²) in [5, 5.41) is 9.56. The Labute approximate surface area is 189 Å². The van der Waals surface area contributed by atoms with Gasteiger partial charge in [0, 0.05) is 30.9 Å². The van der Waals surface area contributed by atoms with E-state index in [-0.39, 0.29) is 12.0 Å². The Morgan fingerprint density at radius 3 is 2.91 bits per heavy atom. The molecule has 0 radical (unpaired) electrons. The number of hydrogen-bond acceptors (Lipinski definition) is 4. The molecule has 1 fully saturated rings. The molecule has 7 heteroatoms. The molecule has 0 aliphatic carbocycles. The van der Waals surface area contributed by atoms with Gasteiger partial charge >= 0.3 is 0 Å². The van der Waals surface area contributed by atoms with E-state index in [0.717, 1.165) is 42.0 Å². The smallest absolute Gasteiger partial charge is 0.253 e. The highest BCUT2D eigenvalue weighted by molar-refractivity contribution is 5.94. The SMILES string of the molecule is C=CCOc1ccccc1CNC(=NCc1cccc(NC(=O)C2CCCO2)c1)NCC. The number of carbonyl (C=O) groups is 1. The number of guanidine groups is 1. The van der Waals surface area contributed by atoms with Gasteiger partial charge in [0.05, 0.1) is 6.54 Å². The minimum atomic E-state index is -0.348. The van der Waals surface area contributed by atoms with E-state index in [4.69, 9.17) is 9.47 Å². The lowest BCUT2D eigenvalue weighted by molar-refractivity contribution is -0.124. The normalized spacial score (nSPS) is 15.8. The summed E-state index contributed by atoms with van der Waals surface area (Å²) in [6.45, 7) is 8.65. The lowest BCUT2D eigenvalue weighted by Crippen LogP contribution is -2.36. The molecule has 1 unspecified atom stereocenters. The summed E-state index contributed by atoms with van der Waals surface area (Å²) in [5.41, 5.74) is 2.80. The van der Waals surface area contributed by atoms with Crippen molar-refractivity contribution < 1.29 is 14.3 Å². The fourth-order valence-electron chi connectivity index (χ4n) is 3.39. The van der Waals surface area contributed by atoms with Crippen molar-refractivity contribution in [1.82, 2.24) is 10.6 Å². The molecule has 170 valence electrons. The third-order valence-electron chi connectivity index (χ3n) is 4.96. The number of rotatable bonds is 10. The van der Waals surface area contributed by atoms with Crippen molar-refractivity contribution in [3.8, 4) is 5.75 Å². The van der Waals surface area contributed by atoms with Gasteiger partial charge in [-0.05, 0) is 43.5 Å². The molecule has 3 N–H and O–H groups in total. The number of benzene rings is 2. The van der Waals surface area contributed by atoms with Crippen molar-refractivity contribution in [2.75, 3.05) is 25.1 Å². The highest BCUT2D eigenvalue weighted by Gasteiger charge is 2.23. The molecule has 1 saturated heterocycles. The average molecular weight is 437 g/mol. The van der Waals surface area contributed by atoms with Crippen LogP contribution in [0.3, 0.4) is 0 Å². The van der Waals surface area contributed by atoms with Crippen LogP contribution in [0.15, 0.2) is 66.2 Å². The highest BCUT2D eigenvalue weighted by atomic mass is 16.5. The summed E-state index contributed by atoms with van der Waals surface area (Å²) in [7, 11) is 0. The van der Waals surface area contributed by atoms with Gasteiger partial charge < -0.3 is 25.4 Å². The number of carbonyl (C=O) groups excluding carboxylic acids is 1. The molecule has 2 aromatic rings. The van der Waals surface area contributed by atoms with E-state index >= 15 is 0 Å². The summed E-state index contributed by atoms with van der Waals surface area (Å²) in [5.74, 6) is 1.45. The standard InChI is InChI=1S/C25H32N4O3/c1-3-14-31-22-12-6-5-10-20(22)18-28-25(26-4-2)27-17-19-9-7-11-21(16-19)29-24(30)23-13-8-15-32-23/h3,5-7,9-12,16,23H,1,4,8,13-15,17-18H2,2H3,(H,29,30)(H2,26,27,28). The van der Waals surface area contributed by atoms with Gasteiger partial charge in [-0.1, -0.05) is 43.0 Å². The minimum Gasteiger partial charge on any atom is -0.489 e. The maximum atomic E-state index is 12.3. The van der Waals surface area contributed by atoms with Gasteiger partial charge in [0.15, 0.2) is 5.96 Å². The molecule has 2 aromatic carbocycles. The molecule has 0 spiro atoms. The van der Waals surface area contributed by atoms with Crippen LogP contribution in [0.1, 0.15) is 30.9 Å². The van der Waals surface area contributed by atoms with E-state index in [0.29, 0.717) is 32.3 Å². The van der Waals surface area contributed by atoms with E-state index in [9.17, 15) is 4.79 Å².